The summed E-state index contributed by atoms with van der Waals surface area (Å²) in [5.74, 6) is 0.359. The van der Waals surface area contributed by atoms with Gasteiger partial charge in [-0.2, -0.15) is 0 Å². The molecule has 1 amide bonds. The fraction of sp³-hybridized carbons (Fsp3) is 0.429. The van der Waals surface area contributed by atoms with Crippen LogP contribution in [0.4, 0.5) is 4.79 Å². The quantitative estimate of drug-likeness (QED) is 0.656. The maximum atomic E-state index is 12.5. The summed E-state index contributed by atoms with van der Waals surface area (Å²) in [6.45, 7) is 5.37. The summed E-state index contributed by atoms with van der Waals surface area (Å²) in [5.41, 5.74) is 0.0617. The van der Waals surface area contributed by atoms with Crippen molar-refractivity contribution >= 4 is 33.6 Å². The number of aromatic nitrogens is 3. The van der Waals surface area contributed by atoms with Crippen molar-refractivity contribution in [2.45, 2.75) is 44.9 Å². The Balaban J connectivity index is 1.57. The van der Waals surface area contributed by atoms with E-state index in [4.69, 9.17) is 9.47 Å². The Labute approximate surface area is 183 Å². The van der Waals surface area contributed by atoms with E-state index in [9.17, 15) is 14.7 Å². The molecular weight excluding hydrogens is 420 g/mol. The Morgan fingerprint density at radius 2 is 2.03 bits per heavy atom. The van der Waals surface area contributed by atoms with Crippen molar-refractivity contribution in [3.05, 3.63) is 30.7 Å². The van der Waals surface area contributed by atoms with Gasteiger partial charge in [-0.05, 0) is 32.9 Å². The third kappa shape index (κ3) is 4.34. The topological polar surface area (TPSA) is 107 Å². The van der Waals surface area contributed by atoms with E-state index >= 15 is 0 Å². The number of carboxylic acids is 1. The number of thiophene rings is 1. The summed E-state index contributed by atoms with van der Waals surface area (Å²) < 4.78 is 14.3. The molecule has 0 unspecified atom stereocenters. The van der Waals surface area contributed by atoms with Crippen LogP contribution in [0.5, 0.6) is 5.75 Å². The molecule has 4 heterocycles. The molecule has 31 heavy (non-hydrogen) atoms. The van der Waals surface area contributed by atoms with E-state index in [1.165, 1.54) is 16.2 Å². The fourth-order valence-electron chi connectivity index (χ4n) is 3.54. The largest absolute Gasteiger partial charge is 0.487 e. The summed E-state index contributed by atoms with van der Waals surface area (Å²) >= 11 is 1.51. The molecule has 0 aromatic carbocycles. The van der Waals surface area contributed by atoms with E-state index < -0.39 is 29.8 Å². The van der Waals surface area contributed by atoms with Crippen LogP contribution < -0.4 is 4.74 Å². The number of amides is 1. The lowest BCUT2D eigenvalue weighted by Gasteiger charge is -2.26. The average Bonchev–Trinajstić information content (AvgIpc) is 3.37. The van der Waals surface area contributed by atoms with Crippen molar-refractivity contribution in [1.82, 2.24) is 19.4 Å². The zero-order chi connectivity index (χ0) is 22.3. The molecule has 0 saturated carbocycles. The monoisotopic (exact) mass is 444 g/mol. The fourth-order valence-corrected chi connectivity index (χ4v) is 4.65. The van der Waals surface area contributed by atoms with Crippen LogP contribution in [0.3, 0.4) is 0 Å². The van der Waals surface area contributed by atoms with Gasteiger partial charge in [0, 0.05) is 32.1 Å². The molecule has 3 aromatic heterocycles. The first-order chi connectivity index (χ1) is 14.6. The first-order valence-corrected chi connectivity index (χ1v) is 10.7. The SMILES string of the molecule is Cn1ccnc1-c1cc2nccc(O[C@@H]3C[C@@H](C(=O)O)N(C(=O)OC(C)(C)C)C3)c2s1. The maximum absolute atomic E-state index is 12.5. The van der Waals surface area contributed by atoms with E-state index in [1.807, 2.05) is 23.9 Å². The van der Waals surface area contributed by atoms with Gasteiger partial charge in [0.05, 0.1) is 21.6 Å². The second-order valence-corrected chi connectivity index (χ2v) is 9.51. The van der Waals surface area contributed by atoms with Gasteiger partial charge in [-0.3, -0.25) is 9.88 Å². The van der Waals surface area contributed by atoms with E-state index in [2.05, 4.69) is 9.97 Å². The van der Waals surface area contributed by atoms with Crippen LogP contribution in [0.2, 0.25) is 0 Å². The van der Waals surface area contributed by atoms with Crippen LogP contribution in [-0.2, 0) is 16.6 Å². The number of aliphatic carboxylic acids is 1. The number of hydrogen-bond acceptors (Lipinski definition) is 7. The molecule has 10 heteroatoms. The number of ether oxygens (including phenoxy) is 2. The molecule has 1 aliphatic heterocycles. The second kappa shape index (κ2) is 7.84. The first kappa shape index (κ1) is 21.1. The summed E-state index contributed by atoms with van der Waals surface area (Å²) in [5, 5.41) is 9.60. The lowest BCUT2D eigenvalue weighted by molar-refractivity contribution is -0.142. The smallest absolute Gasteiger partial charge is 0.411 e. The molecule has 1 aliphatic rings. The zero-order valence-electron chi connectivity index (χ0n) is 17.7. The van der Waals surface area contributed by atoms with Gasteiger partial charge in [-0.15, -0.1) is 11.3 Å². The van der Waals surface area contributed by atoms with Crippen LogP contribution in [0.25, 0.3) is 20.9 Å². The molecule has 164 valence electrons. The van der Waals surface area contributed by atoms with Gasteiger partial charge in [-0.1, -0.05) is 0 Å². The number of fused-ring (bicyclic) bond motifs is 1. The zero-order valence-corrected chi connectivity index (χ0v) is 18.5. The van der Waals surface area contributed by atoms with Crippen molar-refractivity contribution in [2.24, 2.45) is 7.05 Å². The van der Waals surface area contributed by atoms with E-state index in [0.717, 1.165) is 20.9 Å². The van der Waals surface area contributed by atoms with Crippen LogP contribution in [0.15, 0.2) is 30.7 Å². The summed E-state index contributed by atoms with van der Waals surface area (Å²) in [6.07, 6.45) is 4.32. The second-order valence-electron chi connectivity index (χ2n) is 8.46. The van der Waals surface area contributed by atoms with E-state index in [0.29, 0.717) is 5.75 Å². The molecule has 9 nitrogen and oxygen atoms in total. The summed E-state index contributed by atoms with van der Waals surface area (Å²) in [4.78, 5) is 35.2. The Morgan fingerprint density at radius 1 is 1.26 bits per heavy atom. The van der Waals surface area contributed by atoms with E-state index in [1.54, 1.807) is 39.2 Å². The Bertz CT molecular complexity index is 1130. The number of imidazole rings is 1. The molecule has 4 rings (SSSR count). The van der Waals surface area contributed by atoms with Crippen molar-refractivity contribution in [3.8, 4) is 16.5 Å². The highest BCUT2D eigenvalue weighted by atomic mass is 32.1. The number of carboxylic acid groups (broad SMARTS) is 1. The number of aryl methyl sites for hydroxylation is 1. The predicted molar refractivity (Wildman–Crippen MR) is 115 cm³/mol. The van der Waals surface area contributed by atoms with Gasteiger partial charge >= 0.3 is 12.1 Å². The van der Waals surface area contributed by atoms with Crippen molar-refractivity contribution in [2.75, 3.05) is 6.54 Å². The van der Waals surface area contributed by atoms with Crippen molar-refractivity contribution in [3.63, 3.8) is 0 Å². The van der Waals surface area contributed by atoms with Gasteiger partial charge in [-0.25, -0.2) is 14.6 Å². The van der Waals surface area contributed by atoms with Crippen LogP contribution >= 0.6 is 11.3 Å². The molecule has 2 atom stereocenters. The van der Waals surface area contributed by atoms with Gasteiger partial charge < -0.3 is 19.1 Å². The van der Waals surface area contributed by atoms with E-state index in [-0.39, 0.29) is 13.0 Å². The normalized spacial score (nSPS) is 19.0. The minimum Gasteiger partial charge on any atom is -0.487 e. The molecule has 1 fully saturated rings. The molecule has 0 aliphatic carbocycles. The van der Waals surface area contributed by atoms with Gasteiger partial charge in [0.1, 0.15) is 29.3 Å². The molecule has 0 bridgehead atoms. The number of rotatable bonds is 4. The minimum absolute atomic E-state index is 0.132. The summed E-state index contributed by atoms with van der Waals surface area (Å²) in [6, 6.07) is 2.72. The Hall–Kier alpha value is -3.14. The summed E-state index contributed by atoms with van der Waals surface area (Å²) in [7, 11) is 1.92. The number of likely N-dealkylation sites (tertiary alicyclic amines) is 1. The predicted octanol–water partition coefficient (Wildman–Crippen LogP) is 3.54. The maximum Gasteiger partial charge on any atom is 0.411 e. The highest BCUT2D eigenvalue weighted by molar-refractivity contribution is 7.22. The van der Waals surface area contributed by atoms with Crippen LogP contribution in [0.1, 0.15) is 27.2 Å². The molecular formula is C21H24N4O5S. The highest BCUT2D eigenvalue weighted by Crippen LogP contribution is 2.38. The number of nitrogens with zero attached hydrogens (tertiary/aromatic N) is 4. The Morgan fingerprint density at radius 3 is 2.68 bits per heavy atom. The average molecular weight is 445 g/mol. The molecule has 1 saturated heterocycles. The van der Waals surface area contributed by atoms with Crippen LogP contribution in [-0.4, -0.2) is 60.9 Å². The number of carbonyl (C=O) groups excluding carboxylic acids is 1. The molecule has 0 radical (unpaired) electrons. The number of carbonyl (C=O) groups is 2. The molecule has 3 aromatic rings. The van der Waals surface area contributed by atoms with Gasteiger partial charge in [0.25, 0.3) is 0 Å². The number of hydrogen-bond donors (Lipinski definition) is 1. The first-order valence-electron chi connectivity index (χ1n) is 9.87. The number of pyridine rings is 1. The third-order valence-electron chi connectivity index (χ3n) is 4.89. The molecule has 1 N–H and O–H groups in total. The third-order valence-corrected chi connectivity index (χ3v) is 6.02. The lowest BCUT2D eigenvalue weighted by Crippen LogP contribution is -2.43. The lowest BCUT2D eigenvalue weighted by atomic mass is 10.2. The van der Waals surface area contributed by atoms with Crippen LogP contribution in [0, 0.1) is 0 Å². The Kier molecular flexibility index (Phi) is 5.34. The standard InChI is InChI=1S/C21H24N4O5S/c1-21(2,3)30-20(28)25-11-12(9-14(25)19(26)27)29-15-5-6-22-13-10-16(31-17(13)15)18-23-7-8-24(18)4/h5-8,10,12,14H,9,11H2,1-4H3,(H,26,27)/t12-,14+/m1/s1. The molecule has 0 spiro atoms. The van der Waals surface area contributed by atoms with Crippen molar-refractivity contribution in [1.29, 1.82) is 0 Å². The van der Waals surface area contributed by atoms with Gasteiger partial charge in [0.15, 0.2) is 0 Å². The van der Waals surface area contributed by atoms with Gasteiger partial charge in [0.2, 0.25) is 0 Å². The van der Waals surface area contributed by atoms with Crippen molar-refractivity contribution < 1.29 is 24.2 Å². The minimum atomic E-state index is -1.08. The highest BCUT2D eigenvalue weighted by Gasteiger charge is 2.42.